The Hall–Kier alpha value is -0.0100. The summed E-state index contributed by atoms with van der Waals surface area (Å²) in [6.07, 6.45) is -3.03. The fourth-order valence-corrected chi connectivity index (χ4v) is 1.63. The number of halogens is 5. The SMILES string of the molecule is Cl.N[C@H](CC(F)F)c1cc(I)ccc1F. The van der Waals surface area contributed by atoms with Crippen LogP contribution in [0.4, 0.5) is 13.2 Å². The van der Waals surface area contributed by atoms with E-state index >= 15 is 0 Å². The Morgan fingerprint density at radius 1 is 1.33 bits per heavy atom. The van der Waals surface area contributed by atoms with Gasteiger partial charge in [0.25, 0.3) is 0 Å². The maximum absolute atomic E-state index is 13.1. The Morgan fingerprint density at radius 3 is 2.47 bits per heavy atom. The van der Waals surface area contributed by atoms with E-state index in [1.165, 1.54) is 12.1 Å². The maximum Gasteiger partial charge on any atom is 0.240 e. The summed E-state index contributed by atoms with van der Waals surface area (Å²) in [5.41, 5.74) is 5.59. The van der Waals surface area contributed by atoms with Crippen molar-refractivity contribution in [2.24, 2.45) is 5.73 Å². The Bertz CT molecular complexity index is 322. The van der Waals surface area contributed by atoms with Gasteiger partial charge in [-0.05, 0) is 40.8 Å². The minimum absolute atomic E-state index is 0. The lowest BCUT2D eigenvalue weighted by atomic mass is 10.0. The van der Waals surface area contributed by atoms with Crippen LogP contribution in [-0.2, 0) is 0 Å². The molecule has 2 N–H and O–H groups in total. The van der Waals surface area contributed by atoms with Crippen molar-refractivity contribution in [2.45, 2.75) is 18.9 Å². The summed E-state index contributed by atoms with van der Waals surface area (Å²) in [6.45, 7) is 0. The Labute approximate surface area is 106 Å². The topological polar surface area (TPSA) is 26.0 Å². The lowest BCUT2D eigenvalue weighted by Gasteiger charge is -2.12. The molecular formula is C9H10ClF3IN. The number of rotatable bonds is 3. The smallest absolute Gasteiger partial charge is 0.240 e. The minimum atomic E-state index is -2.51. The number of alkyl halides is 2. The van der Waals surface area contributed by atoms with E-state index in [1.54, 1.807) is 6.07 Å². The van der Waals surface area contributed by atoms with Crippen molar-refractivity contribution in [3.63, 3.8) is 0 Å². The zero-order chi connectivity index (χ0) is 10.7. The molecule has 0 aliphatic carbocycles. The molecule has 0 fully saturated rings. The van der Waals surface area contributed by atoms with Crippen molar-refractivity contribution >= 4 is 35.0 Å². The summed E-state index contributed by atoms with van der Waals surface area (Å²) < 4.78 is 37.9. The van der Waals surface area contributed by atoms with Gasteiger partial charge in [-0.3, -0.25) is 0 Å². The second-order valence-electron chi connectivity index (χ2n) is 2.90. The molecule has 0 heterocycles. The highest BCUT2D eigenvalue weighted by Crippen LogP contribution is 2.22. The molecule has 0 amide bonds. The molecule has 1 aromatic rings. The van der Waals surface area contributed by atoms with Crippen molar-refractivity contribution < 1.29 is 13.2 Å². The largest absolute Gasteiger partial charge is 0.324 e. The normalized spacial score (nSPS) is 12.4. The average molecular weight is 352 g/mol. The molecule has 6 heteroatoms. The van der Waals surface area contributed by atoms with Gasteiger partial charge >= 0.3 is 0 Å². The quantitative estimate of drug-likeness (QED) is 0.829. The van der Waals surface area contributed by atoms with Crippen LogP contribution in [0.15, 0.2) is 18.2 Å². The third-order valence-corrected chi connectivity index (χ3v) is 2.46. The lowest BCUT2D eigenvalue weighted by molar-refractivity contribution is 0.128. The molecule has 0 aliphatic rings. The second kappa shape index (κ2) is 6.55. The second-order valence-corrected chi connectivity index (χ2v) is 4.14. The van der Waals surface area contributed by atoms with Crippen LogP contribution >= 0.6 is 35.0 Å². The van der Waals surface area contributed by atoms with E-state index in [1.807, 2.05) is 22.6 Å². The van der Waals surface area contributed by atoms with E-state index < -0.39 is 24.7 Å². The highest BCUT2D eigenvalue weighted by molar-refractivity contribution is 14.1. The molecule has 1 nitrogen and oxygen atoms in total. The number of nitrogens with two attached hydrogens (primary N) is 1. The summed E-state index contributed by atoms with van der Waals surface area (Å²) in [5.74, 6) is -0.529. The van der Waals surface area contributed by atoms with Crippen LogP contribution in [0.3, 0.4) is 0 Å². The molecule has 0 unspecified atom stereocenters. The molecular weight excluding hydrogens is 341 g/mol. The van der Waals surface area contributed by atoms with Gasteiger partial charge in [-0.15, -0.1) is 12.4 Å². The van der Waals surface area contributed by atoms with E-state index in [0.29, 0.717) is 0 Å². The molecule has 0 aliphatic heterocycles. The van der Waals surface area contributed by atoms with Crippen molar-refractivity contribution in [1.29, 1.82) is 0 Å². The zero-order valence-corrected chi connectivity index (χ0v) is 10.6. The Balaban J connectivity index is 0.00000196. The molecule has 0 radical (unpaired) electrons. The highest BCUT2D eigenvalue weighted by atomic mass is 127. The predicted molar refractivity (Wildman–Crippen MR) is 63.9 cm³/mol. The summed E-state index contributed by atoms with van der Waals surface area (Å²) >= 11 is 1.98. The third-order valence-electron chi connectivity index (χ3n) is 1.79. The molecule has 0 saturated carbocycles. The van der Waals surface area contributed by atoms with Crippen LogP contribution in [0.2, 0.25) is 0 Å². The molecule has 15 heavy (non-hydrogen) atoms. The molecule has 0 saturated heterocycles. The maximum atomic E-state index is 13.1. The van der Waals surface area contributed by atoms with Crippen molar-refractivity contribution in [3.05, 3.63) is 33.1 Å². The first-order valence-electron chi connectivity index (χ1n) is 3.99. The van der Waals surface area contributed by atoms with Crippen molar-refractivity contribution in [2.75, 3.05) is 0 Å². The number of benzene rings is 1. The van der Waals surface area contributed by atoms with Crippen LogP contribution in [0, 0.1) is 9.39 Å². The van der Waals surface area contributed by atoms with Gasteiger partial charge < -0.3 is 5.73 Å². The molecule has 1 rings (SSSR count). The fourth-order valence-electron chi connectivity index (χ4n) is 1.12. The van der Waals surface area contributed by atoms with E-state index in [2.05, 4.69) is 0 Å². The van der Waals surface area contributed by atoms with Gasteiger partial charge in [-0.25, -0.2) is 13.2 Å². The average Bonchev–Trinajstić information content (AvgIpc) is 2.08. The summed E-state index contributed by atoms with van der Waals surface area (Å²) in [6, 6.07) is 3.35. The number of hydrogen-bond acceptors (Lipinski definition) is 1. The number of hydrogen-bond donors (Lipinski definition) is 1. The van der Waals surface area contributed by atoms with E-state index in [-0.39, 0.29) is 18.0 Å². The van der Waals surface area contributed by atoms with E-state index in [0.717, 1.165) is 3.57 Å². The summed E-state index contributed by atoms with van der Waals surface area (Å²) in [4.78, 5) is 0. The first-order valence-corrected chi connectivity index (χ1v) is 5.07. The van der Waals surface area contributed by atoms with Crippen LogP contribution in [0.1, 0.15) is 18.0 Å². The van der Waals surface area contributed by atoms with Crippen molar-refractivity contribution in [1.82, 2.24) is 0 Å². The van der Waals surface area contributed by atoms with Crippen LogP contribution < -0.4 is 5.73 Å². The molecule has 1 atom stereocenters. The van der Waals surface area contributed by atoms with Gasteiger partial charge in [0.2, 0.25) is 6.43 Å². The lowest BCUT2D eigenvalue weighted by Crippen LogP contribution is -2.15. The molecule has 1 aromatic carbocycles. The minimum Gasteiger partial charge on any atom is -0.324 e. The third kappa shape index (κ3) is 4.56. The first-order chi connectivity index (χ1) is 6.50. The van der Waals surface area contributed by atoms with Crippen LogP contribution in [0.25, 0.3) is 0 Å². The van der Waals surface area contributed by atoms with Gasteiger partial charge in [-0.2, -0.15) is 0 Å². The van der Waals surface area contributed by atoms with Gasteiger partial charge in [-0.1, -0.05) is 0 Å². The Morgan fingerprint density at radius 2 is 1.93 bits per heavy atom. The van der Waals surface area contributed by atoms with Crippen LogP contribution in [0.5, 0.6) is 0 Å². The Kier molecular flexibility index (Phi) is 6.54. The fraction of sp³-hybridized carbons (Fsp3) is 0.333. The van der Waals surface area contributed by atoms with Crippen molar-refractivity contribution in [3.8, 4) is 0 Å². The zero-order valence-electron chi connectivity index (χ0n) is 7.59. The first kappa shape index (κ1) is 15.0. The van der Waals surface area contributed by atoms with Gasteiger partial charge in [0, 0.05) is 21.6 Å². The van der Waals surface area contributed by atoms with Gasteiger partial charge in [0.1, 0.15) is 5.82 Å². The van der Waals surface area contributed by atoms with Gasteiger partial charge in [0.15, 0.2) is 0 Å². The monoisotopic (exact) mass is 351 g/mol. The van der Waals surface area contributed by atoms with E-state index in [4.69, 9.17) is 5.73 Å². The molecule has 0 bridgehead atoms. The highest BCUT2D eigenvalue weighted by Gasteiger charge is 2.16. The summed E-state index contributed by atoms with van der Waals surface area (Å²) in [7, 11) is 0. The van der Waals surface area contributed by atoms with E-state index in [9.17, 15) is 13.2 Å². The van der Waals surface area contributed by atoms with Crippen LogP contribution in [-0.4, -0.2) is 6.43 Å². The standard InChI is InChI=1S/C9H9F3IN.ClH/c10-7-2-1-5(13)3-6(7)8(14)4-9(11)12;/h1-3,8-9H,4,14H2;1H/t8-;/m1./s1. The molecule has 86 valence electrons. The predicted octanol–water partition coefficient (Wildman–Crippen LogP) is 3.51. The van der Waals surface area contributed by atoms with Gasteiger partial charge in [0.05, 0.1) is 0 Å². The molecule has 0 aromatic heterocycles. The summed E-state index contributed by atoms with van der Waals surface area (Å²) in [5, 5.41) is 0. The molecule has 0 spiro atoms.